The summed E-state index contributed by atoms with van der Waals surface area (Å²) < 4.78 is 17.3. The number of hydrogen-bond acceptors (Lipinski definition) is 4. The lowest BCUT2D eigenvalue weighted by Gasteiger charge is -2.12. The van der Waals surface area contributed by atoms with Gasteiger partial charge in [-0.05, 0) is 52.3 Å². The highest BCUT2D eigenvalue weighted by Gasteiger charge is 2.08. The molecule has 4 nitrogen and oxygen atoms in total. The quantitative estimate of drug-likeness (QED) is 0.647. The van der Waals surface area contributed by atoms with Crippen molar-refractivity contribution in [3.8, 4) is 17.2 Å². The minimum absolute atomic E-state index is 0.420. The lowest BCUT2D eigenvalue weighted by Crippen LogP contribution is -2.09. The molecule has 0 saturated carbocycles. The first-order valence-corrected chi connectivity index (χ1v) is 6.93. The minimum Gasteiger partial charge on any atom is -0.493 e. The molecule has 0 aliphatic heterocycles. The van der Waals surface area contributed by atoms with E-state index in [0.29, 0.717) is 30.4 Å². The van der Waals surface area contributed by atoms with E-state index in [2.05, 4.69) is 15.9 Å². The van der Waals surface area contributed by atoms with E-state index >= 15 is 0 Å². The molecular weight excluding hydrogens is 322 g/mol. The number of methoxy groups -OCH3 is 1. The summed E-state index contributed by atoms with van der Waals surface area (Å²) in [6.07, 6.45) is 0. The maximum atomic E-state index is 5.68. The Labute approximate surface area is 126 Å². The normalized spacial score (nSPS) is 10.1. The number of nitrogens with two attached hydrogens (primary N) is 1. The Morgan fingerprint density at radius 1 is 1.00 bits per heavy atom. The lowest BCUT2D eigenvalue weighted by atomic mass is 10.3. The number of hydrogen-bond donors (Lipinski definition) is 1. The first kappa shape index (κ1) is 14.5. The van der Waals surface area contributed by atoms with Crippen LogP contribution >= 0.6 is 15.9 Å². The molecule has 106 valence electrons. The van der Waals surface area contributed by atoms with Crippen molar-refractivity contribution in [2.75, 3.05) is 26.1 Å². The maximum absolute atomic E-state index is 5.68. The monoisotopic (exact) mass is 337 g/mol. The van der Waals surface area contributed by atoms with Crippen molar-refractivity contribution in [3.63, 3.8) is 0 Å². The number of halogens is 1. The van der Waals surface area contributed by atoms with Crippen molar-refractivity contribution >= 4 is 21.6 Å². The van der Waals surface area contributed by atoms with E-state index < -0.39 is 0 Å². The highest BCUT2D eigenvalue weighted by atomic mass is 79.9. The number of nitrogen functional groups attached to an aromatic ring is 1. The van der Waals surface area contributed by atoms with Crippen LogP contribution in [0.15, 0.2) is 46.9 Å². The molecule has 0 saturated heterocycles. The second-order valence-electron chi connectivity index (χ2n) is 4.04. The summed E-state index contributed by atoms with van der Waals surface area (Å²) in [6.45, 7) is 0.859. The fourth-order valence-electron chi connectivity index (χ4n) is 1.66. The second kappa shape index (κ2) is 7.05. The van der Waals surface area contributed by atoms with Crippen LogP contribution in [0.25, 0.3) is 0 Å². The highest BCUT2D eigenvalue weighted by molar-refractivity contribution is 9.10. The molecule has 0 spiro atoms. The van der Waals surface area contributed by atoms with Crippen LogP contribution < -0.4 is 19.9 Å². The molecule has 0 atom stereocenters. The molecular formula is C15H16BrNO3. The number of para-hydroxylation sites is 1. The lowest BCUT2D eigenvalue weighted by molar-refractivity contribution is 0.210. The first-order chi connectivity index (χ1) is 9.70. The zero-order valence-corrected chi connectivity index (χ0v) is 12.7. The van der Waals surface area contributed by atoms with E-state index in [1.807, 2.05) is 30.3 Å². The Kier molecular flexibility index (Phi) is 5.12. The van der Waals surface area contributed by atoms with Gasteiger partial charge in [0.1, 0.15) is 19.0 Å². The summed E-state index contributed by atoms with van der Waals surface area (Å²) in [5, 5.41) is 0. The Morgan fingerprint density at radius 3 is 2.40 bits per heavy atom. The summed E-state index contributed by atoms with van der Waals surface area (Å²) >= 11 is 3.43. The van der Waals surface area contributed by atoms with Crippen molar-refractivity contribution in [1.29, 1.82) is 0 Å². The molecule has 20 heavy (non-hydrogen) atoms. The molecule has 0 amide bonds. The van der Waals surface area contributed by atoms with E-state index in [4.69, 9.17) is 19.9 Å². The third kappa shape index (κ3) is 3.81. The minimum atomic E-state index is 0.420. The summed E-state index contributed by atoms with van der Waals surface area (Å²) in [5.41, 5.74) is 6.32. The van der Waals surface area contributed by atoms with Gasteiger partial charge in [0.2, 0.25) is 0 Å². The van der Waals surface area contributed by atoms with Crippen LogP contribution in [0.2, 0.25) is 0 Å². The number of rotatable bonds is 6. The van der Waals surface area contributed by atoms with Gasteiger partial charge in [-0.25, -0.2) is 0 Å². The first-order valence-electron chi connectivity index (χ1n) is 6.14. The van der Waals surface area contributed by atoms with Crippen molar-refractivity contribution < 1.29 is 14.2 Å². The molecule has 2 N–H and O–H groups in total. The van der Waals surface area contributed by atoms with Gasteiger partial charge in [0.25, 0.3) is 0 Å². The van der Waals surface area contributed by atoms with E-state index in [1.165, 1.54) is 0 Å². The molecule has 0 bridgehead atoms. The van der Waals surface area contributed by atoms with E-state index in [9.17, 15) is 0 Å². The zero-order valence-electron chi connectivity index (χ0n) is 11.1. The van der Waals surface area contributed by atoms with Gasteiger partial charge in [-0.1, -0.05) is 6.07 Å². The molecule has 0 unspecified atom stereocenters. The van der Waals surface area contributed by atoms with Crippen molar-refractivity contribution in [2.24, 2.45) is 0 Å². The van der Waals surface area contributed by atoms with Crippen LogP contribution in [0.5, 0.6) is 17.2 Å². The summed E-state index contributed by atoms with van der Waals surface area (Å²) in [4.78, 5) is 0. The van der Waals surface area contributed by atoms with Gasteiger partial charge < -0.3 is 19.9 Å². The fourth-order valence-corrected chi connectivity index (χ4v) is 2.12. The van der Waals surface area contributed by atoms with Gasteiger partial charge in [-0.3, -0.25) is 0 Å². The number of ether oxygens (including phenoxy) is 3. The molecule has 0 aliphatic carbocycles. The van der Waals surface area contributed by atoms with Gasteiger partial charge in [0.15, 0.2) is 11.5 Å². The van der Waals surface area contributed by atoms with Gasteiger partial charge in [-0.15, -0.1) is 0 Å². The Hall–Kier alpha value is -1.88. The van der Waals surface area contributed by atoms with Crippen LogP contribution in [0.4, 0.5) is 5.69 Å². The Bertz CT molecular complexity index is 558. The number of anilines is 1. The topological polar surface area (TPSA) is 53.7 Å². The molecule has 5 heteroatoms. The van der Waals surface area contributed by atoms with Crippen molar-refractivity contribution in [1.82, 2.24) is 0 Å². The fraction of sp³-hybridized carbons (Fsp3) is 0.200. The predicted octanol–water partition coefficient (Wildman–Crippen LogP) is 3.50. The van der Waals surface area contributed by atoms with Gasteiger partial charge in [0.05, 0.1) is 11.6 Å². The van der Waals surface area contributed by atoms with Crippen LogP contribution in [0.3, 0.4) is 0 Å². The average Bonchev–Trinajstić information content (AvgIpc) is 2.46. The summed E-state index contributed by atoms with van der Waals surface area (Å²) in [5.74, 6) is 2.13. The van der Waals surface area contributed by atoms with Crippen LogP contribution in [0.1, 0.15) is 0 Å². The number of benzene rings is 2. The van der Waals surface area contributed by atoms with Crippen molar-refractivity contribution in [3.05, 3.63) is 46.9 Å². The maximum Gasteiger partial charge on any atom is 0.175 e. The van der Waals surface area contributed by atoms with Crippen LogP contribution in [-0.4, -0.2) is 20.3 Å². The second-order valence-corrected chi connectivity index (χ2v) is 4.89. The molecule has 2 aromatic rings. The van der Waals surface area contributed by atoms with Crippen molar-refractivity contribution in [2.45, 2.75) is 0 Å². The average molecular weight is 338 g/mol. The standard InChI is InChI=1S/C15H16BrNO3/c1-18-14-4-2-3-13(16)15(14)20-10-9-19-12-7-5-11(17)6-8-12/h2-8H,9-10,17H2,1H3. The third-order valence-corrected chi connectivity index (χ3v) is 3.25. The van der Waals surface area contributed by atoms with Gasteiger partial charge in [0, 0.05) is 5.69 Å². The molecule has 0 heterocycles. The van der Waals surface area contributed by atoms with Gasteiger partial charge >= 0.3 is 0 Å². The summed E-state index contributed by atoms with van der Waals surface area (Å²) in [6, 6.07) is 12.9. The predicted molar refractivity (Wildman–Crippen MR) is 82.5 cm³/mol. The smallest absolute Gasteiger partial charge is 0.175 e. The van der Waals surface area contributed by atoms with E-state index in [1.54, 1.807) is 19.2 Å². The largest absolute Gasteiger partial charge is 0.493 e. The molecule has 0 fully saturated rings. The van der Waals surface area contributed by atoms with E-state index in [-0.39, 0.29) is 0 Å². The highest BCUT2D eigenvalue weighted by Crippen LogP contribution is 2.34. The molecule has 2 rings (SSSR count). The third-order valence-electron chi connectivity index (χ3n) is 2.63. The van der Waals surface area contributed by atoms with Gasteiger partial charge in [-0.2, -0.15) is 0 Å². The SMILES string of the molecule is COc1cccc(Br)c1OCCOc1ccc(N)cc1. The molecule has 0 radical (unpaired) electrons. The van der Waals surface area contributed by atoms with Crippen LogP contribution in [-0.2, 0) is 0 Å². The Balaban J connectivity index is 1.86. The Morgan fingerprint density at radius 2 is 1.70 bits per heavy atom. The zero-order chi connectivity index (χ0) is 14.4. The molecule has 0 aliphatic rings. The molecule has 0 aromatic heterocycles. The van der Waals surface area contributed by atoms with Crippen LogP contribution in [0, 0.1) is 0 Å². The molecule has 2 aromatic carbocycles. The van der Waals surface area contributed by atoms with E-state index in [0.717, 1.165) is 10.2 Å². The summed E-state index contributed by atoms with van der Waals surface area (Å²) in [7, 11) is 1.61.